The molecule has 0 aromatic heterocycles. The van der Waals surface area contributed by atoms with E-state index < -0.39 is 24.0 Å². The van der Waals surface area contributed by atoms with Gasteiger partial charge < -0.3 is 21.7 Å². The van der Waals surface area contributed by atoms with Crippen LogP contribution in [0.25, 0.3) is 0 Å². The van der Waals surface area contributed by atoms with Crippen LogP contribution in [0.1, 0.15) is 6.92 Å². The molecule has 0 radical (unpaired) electrons. The van der Waals surface area contributed by atoms with Crippen molar-refractivity contribution in [1.82, 2.24) is 0 Å². The summed E-state index contributed by atoms with van der Waals surface area (Å²) in [5.41, 5.74) is 10.5. The molecule has 0 unspecified atom stereocenters. The van der Waals surface area contributed by atoms with Crippen LogP contribution in [-0.2, 0) is 9.59 Å². The summed E-state index contributed by atoms with van der Waals surface area (Å²) in [5, 5.41) is 16.6. The second kappa shape index (κ2) is 5.84. The van der Waals surface area contributed by atoms with Crippen molar-refractivity contribution in [3.8, 4) is 0 Å². The summed E-state index contributed by atoms with van der Waals surface area (Å²) >= 11 is 1.14. The average molecular weight is 222 g/mol. The Labute approximate surface area is 85.6 Å². The highest BCUT2D eigenvalue weighted by Gasteiger charge is 2.22. The van der Waals surface area contributed by atoms with Crippen LogP contribution in [0.3, 0.4) is 0 Å². The van der Waals surface area contributed by atoms with Crippen molar-refractivity contribution in [3.05, 3.63) is 0 Å². The lowest BCUT2D eigenvalue weighted by Crippen LogP contribution is -2.40. The first kappa shape index (κ1) is 13.2. The van der Waals surface area contributed by atoms with Gasteiger partial charge in [0, 0.05) is 11.0 Å². The number of nitrogens with two attached hydrogens (primary N) is 2. The van der Waals surface area contributed by atoms with Gasteiger partial charge in [-0.2, -0.15) is 11.8 Å². The molecular weight excluding hydrogens is 208 g/mol. The fourth-order valence-electron chi connectivity index (χ4n) is 0.631. The molecule has 0 aromatic carbocycles. The molecule has 0 bridgehead atoms. The molecule has 14 heavy (non-hydrogen) atoms. The molecule has 0 aromatic rings. The van der Waals surface area contributed by atoms with E-state index >= 15 is 0 Å². The quantitative estimate of drug-likeness (QED) is 0.450. The van der Waals surface area contributed by atoms with Gasteiger partial charge in [0.05, 0.1) is 0 Å². The van der Waals surface area contributed by atoms with Gasteiger partial charge in [-0.1, -0.05) is 6.92 Å². The lowest BCUT2D eigenvalue weighted by molar-refractivity contribution is -0.139. The minimum Gasteiger partial charge on any atom is -0.480 e. The maximum atomic E-state index is 10.4. The first-order chi connectivity index (χ1) is 6.36. The van der Waals surface area contributed by atoms with Crippen LogP contribution in [0.15, 0.2) is 0 Å². The minimum absolute atomic E-state index is 0.150. The largest absolute Gasteiger partial charge is 0.480 e. The normalized spacial score (nSPS) is 17.1. The number of hydrogen-bond donors (Lipinski definition) is 4. The van der Waals surface area contributed by atoms with E-state index in [1.54, 1.807) is 6.92 Å². The van der Waals surface area contributed by atoms with Gasteiger partial charge >= 0.3 is 11.9 Å². The number of hydrogen-bond acceptors (Lipinski definition) is 5. The van der Waals surface area contributed by atoms with Crippen molar-refractivity contribution in [2.24, 2.45) is 11.5 Å². The number of aliphatic carboxylic acids is 2. The predicted octanol–water partition coefficient (Wildman–Crippen LogP) is -1.07. The van der Waals surface area contributed by atoms with E-state index in [1.165, 1.54) is 0 Å². The van der Waals surface area contributed by atoms with Gasteiger partial charge in [0.1, 0.15) is 12.1 Å². The Morgan fingerprint density at radius 2 is 1.79 bits per heavy atom. The Bertz CT molecular complexity index is 224. The molecule has 7 heteroatoms. The Balaban J connectivity index is 3.90. The molecule has 0 rings (SSSR count). The van der Waals surface area contributed by atoms with E-state index in [0.29, 0.717) is 0 Å². The molecule has 0 fully saturated rings. The zero-order chi connectivity index (χ0) is 11.3. The Kier molecular flexibility index (Phi) is 5.51. The zero-order valence-corrected chi connectivity index (χ0v) is 8.53. The summed E-state index contributed by atoms with van der Waals surface area (Å²) in [6, 6.07) is -1.98. The highest BCUT2D eigenvalue weighted by Crippen LogP contribution is 2.14. The van der Waals surface area contributed by atoms with Crippen molar-refractivity contribution in [2.45, 2.75) is 24.3 Å². The molecule has 0 saturated heterocycles. The van der Waals surface area contributed by atoms with E-state index in [-0.39, 0.29) is 11.0 Å². The van der Waals surface area contributed by atoms with Crippen molar-refractivity contribution in [2.75, 3.05) is 5.75 Å². The number of carboxylic acid groups (broad SMARTS) is 2. The molecule has 0 heterocycles. The van der Waals surface area contributed by atoms with E-state index in [1.807, 2.05) is 0 Å². The third-order valence-electron chi connectivity index (χ3n) is 1.65. The van der Waals surface area contributed by atoms with Crippen LogP contribution in [-0.4, -0.2) is 45.2 Å². The molecule has 0 spiro atoms. The lowest BCUT2D eigenvalue weighted by atomic mass is 10.2. The van der Waals surface area contributed by atoms with Crippen LogP contribution >= 0.6 is 11.8 Å². The Morgan fingerprint density at radius 1 is 1.29 bits per heavy atom. The summed E-state index contributed by atoms with van der Waals surface area (Å²) in [7, 11) is 0. The van der Waals surface area contributed by atoms with Gasteiger partial charge in [-0.25, -0.2) is 0 Å². The molecule has 6 nitrogen and oxygen atoms in total. The van der Waals surface area contributed by atoms with E-state index in [2.05, 4.69) is 0 Å². The molecule has 82 valence electrons. The van der Waals surface area contributed by atoms with Crippen LogP contribution in [0.5, 0.6) is 0 Å². The maximum Gasteiger partial charge on any atom is 0.321 e. The minimum atomic E-state index is -1.10. The second-order valence-corrected chi connectivity index (χ2v) is 4.26. The van der Waals surface area contributed by atoms with Crippen molar-refractivity contribution in [3.63, 3.8) is 0 Å². The zero-order valence-electron chi connectivity index (χ0n) is 7.71. The summed E-state index contributed by atoms with van der Waals surface area (Å²) in [6.45, 7) is 1.62. The lowest BCUT2D eigenvalue weighted by Gasteiger charge is -2.16. The summed E-state index contributed by atoms with van der Waals surface area (Å²) in [5.74, 6) is -2.06. The molecule has 0 amide bonds. The molecule has 0 aliphatic carbocycles. The molecule has 0 aliphatic heterocycles. The third-order valence-corrected chi connectivity index (χ3v) is 3.02. The smallest absolute Gasteiger partial charge is 0.321 e. The number of carboxylic acids is 2. The fourth-order valence-corrected chi connectivity index (χ4v) is 1.61. The van der Waals surface area contributed by atoms with Gasteiger partial charge in [-0.05, 0) is 0 Å². The van der Waals surface area contributed by atoms with E-state index in [0.717, 1.165) is 11.8 Å². The first-order valence-electron chi connectivity index (χ1n) is 3.94. The van der Waals surface area contributed by atoms with Crippen LogP contribution < -0.4 is 11.5 Å². The van der Waals surface area contributed by atoms with E-state index in [9.17, 15) is 9.59 Å². The van der Waals surface area contributed by atoms with Crippen LogP contribution in [0.2, 0.25) is 0 Å². The van der Waals surface area contributed by atoms with Crippen LogP contribution in [0.4, 0.5) is 0 Å². The monoisotopic (exact) mass is 222 g/mol. The predicted molar refractivity (Wildman–Crippen MR) is 53.1 cm³/mol. The molecule has 0 aliphatic rings. The number of carbonyl (C=O) groups is 2. The highest BCUT2D eigenvalue weighted by atomic mass is 32.2. The number of rotatable bonds is 6. The van der Waals surface area contributed by atoms with Crippen molar-refractivity contribution >= 4 is 23.7 Å². The van der Waals surface area contributed by atoms with Gasteiger partial charge in [0.15, 0.2) is 0 Å². The van der Waals surface area contributed by atoms with Gasteiger partial charge in [0.2, 0.25) is 0 Å². The highest BCUT2D eigenvalue weighted by molar-refractivity contribution is 8.00. The van der Waals surface area contributed by atoms with Gasteiger partial charge in [-0.3, -0.25) is 9.59 Å². The summed E-state index contributed by atoms with van der Waals surface area (Å²) in [6.07, 6.45) is 0. The second-order valence-electron chi connectivity index (χ2n) is 2.85. The molecule has 6 N–H and O–H groups in total. The van der Waals surface area contributed by atoms with Gasteiger partial charge in [-0.15, -0.1) is 0 Å². The molecule has 0 saturated carbocycles. The van der Waals surface area contributed by atoms with Crippen molar-refractivity contribution in [1.29, 1.82) is 0 Å². The van der Waals surface area contributed by atoms with Crippen LogP contribution in [0, 0.1) is 0 Å². The molecule has 3 atom stereocenters. The van der Waals surface area contributed by atoms with E-state index in [4.69, 9.17) is 21.7 Å². The number of thioether (sulfide) groups is 1. The topological polar surface area (TPSA) is 127 Å². The first-order valence-corrected chi connectivity index (χ1v) is 4.99. The third kappa shape index (κ3) is 4.45. The summed E-state index contributed by atoms with van der Waals surface area (Å²) in [4.78, 5) is 20.8. The fraction of sp³-hybridized carbons (Fsp3) is 0.714. The Hall–Kier alpha value is -0.790. The SMILES string of the molecule is C[C@H](SC[C@H](N)C(=O)O)[C@H](N)C(=O)O. The van der Waals surface area contributed by atoms with Gasteiger partial charge in [0.25, 0.3) is 0 Å². The Morgan fingerprint density at radius 3 is 2.14 bits per heavy atom. The molecular formula is C7H14N2O4S. The average Bonchev–Trinajstić information content (AvgIpc) is 2.11. The standard InChI is InChI=1S/C7H14N2O4S/c1-3(5(9)7(12)13)14-2-4(8)6(10)11/h3-5H,2,8-9H2,1H3,(H,10,11)(H,12,13)/t3-,4-,5-/m0/s1. The maximum absolute atomic E-state index is 10.4. The summed E-state index contributed by atoms with van der Waals surface area (Å²) < 4.78 is 0. The van der Waals surface area contributed by atoms with Crippen molar-refractivity contribution < 1.29 is 19.8 Å².